The van der Waals surface area contributed by atoms with E-state index >= 15 is 0 Å². The quantitative estimate of drug-likeness (QED) is 0.817. The SMILES string of the molecule is C[C@@H]1CN(C(=O)c2ccccc2C(=O)N2CCOCC2)CCO1. The molecule has 1 aromatic rings. The van der Waals surface area contributed by atoms with E-state index in [1.54, 1.807) is 34.1 Å². The summed E-state index contributed by atoms with van der Waals surface area (Å²) in [5, 5.41) is 0. The van der Waals surface area contributed by atoms with Gasteiger partial charge in [0.2, 0.25) is 0 Å². The van der Waals surface area contributed by atoms with Gasteiger partial charge in [0.1, 0.15) is 0 Å². The number of amides is 2. The fraction of sp³-hybridized carbons (Fsp3) is 0.529. The van der Waals surface area contributed by atoms with Gasteiger partial charge in [0.25, 0.3) is 11.8 Å². The molecule has 0 aliphatic carbocycles. The molecular formula is C17H22N2O4. The van der Waals surface area contributed by atoms with Gasteiger partial charge < -0.3 is 19.3 Å². The molecule has 2 heterocycles. The highest BCUT2D eigenvalue weighted by Crippen LogP contribution is 2.17. The monoisotopic (exact) mass is 318 g/mol. The number of hydrogen-bond acceptors (Lipinski definition) is 4. The fourth-order valence-electron chi connectivity index (χ4n) is 2.97. The minimum atomic E-state index is -0.0997. The first-order chi connectivity index (χ1) is 11.2. The van der Waals surface area contributed by atoms with Crippen LogP contribution in [0.15, 0.2) is 24.3 Å². The first kappa shape index (κ1) is 16.0. The predicted octanol–water partition coefficient (Wildman–Crippen LogP) is 1.02. The Morgan fingerprint density at radius 3 is 2.13 bits per heavy atom. The van der Waals surface area contributed by atoms with Gasteiger partial charge in [0.15, 0.2) is 0 Å². The Hall–Kier alpha value is -1.92. The molecule has 3 rings (SSSR count). The van der Waals surface area contributed by atoms with Gasteiger partial charge in [0, 0.05) is 26.2 Å². The van der Waals surface area contributed by atoms with E-state index in [9.17, 15) is 9.59 Å². The third-order valence-electron chi connectivity index (χ3n) is 4.21. The van der Waals surface area contributed by atoms with Crippen molar-refractivity contribution in [2.75, 3.05) is 46.0 Å². The van der Waals surface area contributed by atoms with E-state index < -0.39 is 0 Å². The van der Waals surface area contributed by atoms with Crippen LogP contribution in [0.5, 0.6) is 0 Å². The minimum Gasteiger partial charge on any atom is -0.378 e. The molecule has 0 N–H and O–H groups in total. The molecular weight excluding hydrogens is 296 g/mol. The molecule has 0 spiro atoms. The molecule has 2 aliphatic rings. The summed E-state index contributed by atoms with van der Waals surface area (Å²) >= 11 is 0. The second-order valence-corrected chi connectivity index (χ2v) is 5.88. The van der Waals surface area contributed by atoms with Gasteiger partial charge in [-0.25, -0.2) is 0 Å². The lowest BCUT2D eigenvalue weighted by Gasteiger charge is -2.32. The summed E-state index contributed by atoms with van der Waals surface area (Å²) in [5.41, 5.74) is 0.941. The average Bonchev–Trinajstić information content (AvgIpc) is 2.61. The van der Waals surface area contributed by atoms with E-state index in [0.29, 0.717) is 57.1 Å². The van der Waals surface area contributed by atoms with Crippen LogP contribution in [0.4, 0.5) is 0 Å². The summed E-state index contributed by atoms with van der Waals surface area (Å²) in [4.78, 5) is 29.1. The number of carbonyl (C=O) groups excluding carboxylic acids is 2. The molecule has 2 amide bonds. The van der Waals surface area contributed by atoms with Crippen molar-refractivity contribution in [3.63, 3.8) is 0 Å². The highest BCUT2D eigenvalue weighted by molar-refractivity contribution is 6.07. The molecule has 0 saturated carbocycles. The molecule has 124 valence electrons. The van der Waals surface area contributed by atoms with Gasteiger partial charge >= 0.3 is 0 Å². The summed E-state index contributed by atoms with van der Waals surface area (Å²) in [6, 6.07) is 7.06. The molecule has 2 aliphatic heterocycles. The Labute approximate surface area is 136 Å². The number of rotatable bonds is 2. The maximum atomic E-state index is 12.8. The molecule has 6 nitrogen and oxygen atoms in total. The molecule has 0 bridgehead atoms. The maximum absolute atomic E-state index is 12.8. The Balaban J connectivity index is 1.82. The average molecular weight is 318 g/mol. The third-order valence-corrected chi connectivity index (χ3v) is 4.21. The lowest BCUT2D eigenvalue weighted by Crippen LogP contribution is -2.45. The second kappa shape index (κ2) is 7.10. The Morgan fingerprint density at radius 1 is 0.957 bits per heavy atom. The van der Waals surface area contributed by atoms with Gasteiger partial charge in [-0.05, 0) is 19.1 Å². The highest BCUT2D eigenvalue weighted by atomic mass is 16.5. The number of benzene rings is 1. The zero-order valence-electron chi connectivity index (χ0n) is 13.4. The van der Waals surface area contributed by atoms with Crippen LogP contribution in [-0.4, -0.2) is 73.7 Å². The molecule has 0 radical (unpaired) electrons. The fourth-order valence-corrected chi connectivity index (χ4v) is 2.97. The van der Waals surface area contributed by atoms with Crippen LogP contribution in [-0.2, 0) is 9.47 Å². The van der Waals surface area contributed by atoms with E-state index in [4.69, 9.17) is 9.47 Å². The van der Waals surface area contributed by atoms with Gasteiger partial charge in [0.05, 0.1) is 37.1 Å². The molecule has 6 heteroatoms. The maximum Gasteiger partial charge on any atom is 0.254 e. The van der Waals surface area contributed by atoms with Crippen molar-refractivity contribution in [1.82, 2.24) is 9.80 Å². The van der Waals surface area contributed by atoms with Crippen LogP contribution in [0.3, 0.4) is 0 Å². The standard InChI is InChI=1S/C17H22N2O4/c1-13-12-19(8-11-23-13)17(21)15-5-3-2-4-14(15)16(20)18-6-9-22-10-7-18/h2-5,13H,6-12H2,1H3/t13-/m1/s1. The zero-order chi connectivity index (χ0) is 16.2. The minimum absolute atomic E-state index is 0.0230. The topological polar surface area (TPSA) is 59.1 Å². The Morgan fingerprint density at radius 2 is 1.52 bits per heavy atom. The number of ether oxygens (including phenoxy) is 2. The molecule has 23 heavy (non-hydrogen) atoms. The van der Waals surface area contributed by atoms with Crippen molar-refractivity contribution in [3.05, 3.63) is 35.4 Å². The Bertz CT molecular complexity index is 584. The largest absolute Gasteiger partial charge is 0.378 e. The summed E-state index contributed by atoms with van der Waals surface area (Å²) < 4.78 is 10.8. The van der Waals surface area contributed by atoms with E-state index in [0.717, 1.165) is 0 Å². The Kier molecular flexibility index (Phi) is 4.93. The molecule has 1 atom stereocenters. The van der Waals surface area contributed by atoms with Crippen LogP contribution in [0, 0.1) is 0 Å². The van der Waals surface area contributed by atoms with Crippen molar-refractivity contribution in [1.29, 1.82) is 0 Å². The molecule has 0 unspecified atom stereocenters. The summed E-state index contributed by atoms with van der Waals surface area (Å²) in [7, 11) is 0. The summed E-state index contributed by atoms with van der Waals surface area (Å²) in [6.45, 7) is 5.82. The van der Waals surface area contributed by atoms with Crippen LogP contribution in [0.2, 0.25) is 0 Å². The lowest BCUT2D eigenvalue weighted by atomic mass is 10.0. The first-order valence-corrected chi connectivity index (χ1v) is 8.04. The highest BCUT2D eigenvalue weighted by Gasteiger charge is 2.27. The van der Waals surface area contributed by atoms with E-state index in [2.05, 4.69) is 0 Å². The van der Waals surface area contributed by atoms with Crippen molar-refractivity contribution < 1.29 is 19.1 Å². The lowest BCUT2D eigenvalue weighted by molar-refractivity contribution is -0.0125. The zero-order valence-corrected chi connectivity index (χ0v) is 13.4. The van der Waals surface area contributed by atoms with Crippen LogP contribution < -0.4 is 0 Å². The number of morpholine rings is 2. The summed E-state index contributed by atoms with van der Waals surface area (Å²) in [5.74, 6) is -0.198. The van der Waals surface area contributed by atoms with E-state index in [-0.39, 0.29) is 17.9 Å². The van der Waals surface area contributed by atoms with E-state index in [1.165, 1.54) is 0 Å². The molecule has 2 saturated heterocycles. The van der Waals surface area contributed by atoms with Gasteiger partial charge in [-0.2, -0.15) is 0 Å². The van der Waals surface area contributed by atoms with E-state index in [1.807, 2.05) is 6.92 Å². The van der Waals surface area contributed by atoms with Crippen molar-refractivity contribution in [3.8, 4) is 0 Å². The third kappa shape index (κ3) is 3.54. The summed E-state index contributed by atoms with van der Waals surface area (Å²) in [6.07, 6.45) is 0.0230. The van der Waals surface area contributed by atoms with Gasteiger partial charge in [-0.15, -0.1) is 0 Å². The molecule has 1 aromatic carbocycles. The normalized spacial score (nSPS) is 22.0. The molecule has 0 aromatic heterocycles. The number of hydrogen-bond donors (Lipinski definition) is 0. The van der Waals surface area contributed by atoms with Crippen LogP contribution >= 0.6 is 0 Å². The van der Waals surface area contributed by atoms with Crippen molar-refractivity contribution in [2.45, 2.75) is 13.0 Å². The van der Waals surface area contributed by atoms with Crippen LogP contribution in [0.25, 0.3) is 0 Å². The number of carbonyl (C=O) groups is 2. The predicted molar refractivity (Wildman–Crippen MR) is 84.5 cm³/mol. The van der Waals surface area contributed by atoms with Gasteiger partial charge in [-0.1, -0.05) is 12.1 Å². The smallest absolute Gasteiger partial charge is 0.254 e. The first-order valence-electron chi connectivity index (χ1n) is 8.04. The van der Waals surface area contributed by atoms with Crippen molar-refractivity contribution in [2.24, 2.45) is 0 Å². The van der Waals surface area contributed by atoms with Crippen molar-refractivity contribution >= 4 is 11.8 Å². The number of nitrogens with zero attached hydrogens (tertiary/aromatic N) is 2. The second-order valence-electron chi connectivity index (χ2n) is 5.88. The van der Waals surface area contributed by atoms with Crippen LogP contribution in [0.1, 0.15) is 27.6 Å². The van der Waals surface area contributed by atoms with Gasteiger partial charge in [-0.3, -0.25) is 9.59 Å². The molecule has 2 fully saturated rings.